The molecule has 0 aliphatic carbocycles. The number of aromatic nitrogens is 2. The molecule has 0 saturated carbocycles. The van der Waals surface area contributed by atoms with E-state index < -0.39 is 0 Å². The van der Waals surface area contributed by atoms with E-state index in [-0.39, 0.29) is 0 Å². The highest BCUT2D eigenvalue weighted by Crippen LogP contribution is 2.13. The SMILES string of the molecule is CCN(CCOC)c1nccnc1CN. The normalized spacial score (nSPS) is 10.3. The fourth-order valence-corrected chi connectivity index (χ4v) is 1.38. The zero-order chi connectivity index (χ0) is 11.1. The van der Waals surface area contributed by atoms with E-state index in [1.54, 1.807) is 19.5 Å². The van der Waals surface area contributed by atoms with Crippen molar-refractivity contribution in [1.29, 1.82) is 0 Å². The Morgan fingerprint density at radius 3 is 2.73 bits per heavy atom. The summed E-state index contributed by atoms with van der Waals surface area (Å²) in [5.74, 6) is 0.861. The first-order valence-corrected chi connectivity index (χ1v) is 5.07. The molecule has 0 bridgehead atoms. The van der Waals surface area contributed by atoms with E-state index in [0.29, 0.717) is 13.2 Å². The van der Waals surface area contributed by atoms with Crippen LogP contribution in [0.3, 0.4) is 0 Å². The first kappa shape index (κ1) is 11.9. The Balaban J connectivity index is 2.80. The van der Waals surface area contributed by atoms with Crippen molar-refractivity contribution in [3.63, 3.8) is 0 Å². The molecule has 84 valence electrons. The Morgan fingerprint density at radius 1 is 1.40 bits per heavy atom. The smallest absolute Gasteiger partial charge is 0.151 e. The molecule has 0 saturated heterocycles. The van der Waals surface area contributed by atoms with Crippen molar-refractivity contribution in [3.05, 3.63) is 18.1 Å². The second-order valence-corrected chi connectivity index (χ2v) is 3.10. The van der Waals surface area contributed by atoms with Gasteiger partial charge in [0.15, 0.2) is 5.82 Å². The molecule has 5 nitrogen and oxygen atoms in total. The molecular weight excluding hydrogens is 192 g/mol. The average Bonchev–Trinajstić information content (AvgIpc) is 2.30. The highest BCUT2D eigenvalue weighted by Gasteiger charge is 2.10. The number of anilines is 1. The van der Waals surface area contributed by atoms with E-state index in [1.165, 1.54) is 0 Å². The topological polar surface area (TPSA) is 64.3 Å². The van der Waals surface area contributed by atoms with Gasteiger partial charge in [0.1, 0.15) is 0 Å². The molecule has 1 heterocycles. The quantitative estimate of drug-likeness (QED) is 0.736. The summed E-state index contributed by atoms with van der Waals surface area (Å²) < 4.78 is 5.05. The summed E-state index contributed by atoms with van der Waals surface area (Å²) in [6.07, 6.45) is 3.35. The van der Waals surface area contributed by atoms with Crippen LogP contribution in [0, 0.1) is 0 Å². The molecule has 1 aromatic heterocycles. The summed E-state index contributed by atoms with van der Waals surface area (Å²) in [7, 11) is 1.69. The van der Waals surface area contributed by atoms with Crippen LogP contribution in [-0.2, 0) is 11.3 Å². The minimum Gasteiger partial charge on any atom is -0.383 e. The molecule has 0 radical (unpaired) electrons. The van der Waals surface area contributed by atoms with Crippen molar-refractivity contribution in [1.82, 2.24) is 9.97 Å². The first-order valence-electron chi connectivity index (χ1n) is 5.07. The zero-order valence-electron chi connectivity index (χ0n) is 9.31. The van der Waals surface area contributed by atoms with Crippen LogP contribution in [0.5, 0.6) is 0 Å². The number of hydrogen-bond acceptors (Lipinski definition) is 5. The molecule has 0 aromatic carbocycles. The number of nitrogens with zero attached hydrogens (tertiary/aromatic N) is 3. The maximum atomic E-state index is 5.61. The fraction of sp³-hybridized carbons (Fsp3) is 0.600. The molecule has 0 amide bonds. The van der Waals surface area contributed by atoms with Crippen LogP contribution >= 0.6 is 0 Å². The Bertz CT molecular complexity index is 293. The predicted molar refractivity (Wildman–Crippen MR) is 59.7 cm³/mol. The number of likely N-dealkylation sites (N-methyl/N-ethyl adjacent to an activating group) is 1. The Morgan fingerprint density at radius 2 is 2.13 bits per heavy atom. The van der Waals surface area contributed by atoms with Gasteiger partial charge in [-0.25, -0.2) is 4.98 Å². The summed E-state index contributed by atoms with van der Waals surface area (Å²) in [5.41, 5.74) is 6.44. The molecule has 1 rings (SSSR count). The Labute approximate surface area is 90.3 Å². The van der Waals surface area contributed by atoms with Crippen molar-refractivity contribution in [2.45, 2.75) is 13.5 Å². The lowest BCUT2D eigenvalue weighted by atomic mass is 10.3. The number of hydrogen-bond donors (Lipinski definition) is 1. The van der Waals surface area contributed by atoms with Gasteiger partial charge in [0.05, 0.1) is 12.3 Å². The molecule has 0 unspecified atom stereocenters. The Hall–Kier alpha value is -1.20. The highest BCUT2D eigenvalue weighted by atomic mass is 16.5. The molecule has 2 N–H and O–H groups in total. The van der Waals surface area contributed by atoms with Crippen LogP contribution < -0.4 is 10.6 Å². The van der Waals surface area contributed by atoms with Crippen molar-refractivity contribution in [3.8, 4) is 0 Å². The second-order valence-electron chi connectivity index (χ2n) is 3.10. The van der Waals surface area contributed by atoms with E-state index in [9.17, 15) is 0 Å². The first-order chi connectivity index (χ1) is 7.33. The van der Waals surface area contributed by atoms with E-state index in [2.05, 4.69) is 21.8 Å². The van der Waals surface area contributed by atoms with Gasteiger partial charge in [0.2, 0.25) is 0 Å². The summed E-state index contributed by atoms with van der Waals surface area (Å²) in [5, 5.41) is 0. The van der Waals surface area contributed by atoms with Crippen LogP contribution in [0.15, 0.2) is 12.4 Å². The second kappa shape index (κ2) is 6.31. The van der Waals surface area contributed by atoms with Gasteiger partial charge in [-0.3, -0.25) is 4.98 Å². The van der Waals surface area contributed by atoms with Gasteiger partial charge in [0, 0.05) is 39.1 Å². The molecule has 0 spiro atoms. The Kier molecular flexibility index (Phi) is 5.00. The fourth-order valence-electron chi connectivity index (χ4n) is 1.38. The van der Waals surface area contributed by atoms with Crippen LogP contribution in [0.4, 0.5) is 5.82 Å². The molecule has 5 heteroatoms. The van der Waals surface area contributed by atoms with Gasteiger partial charge in [-0.1, -0.05) is 0 Å². The third-order valence-corrected chi connectivity index (χ3v) is 2.19. The van der Waals surface area contributed by atoms with Gasteiger partial charge in [-0.05, 0) is 6.92 Å². The number of rotatable bonds is 6. The summed E-state index contributed by atoms with van der Waals surface area (Å²) in [6.45, 7) is 4.83. The maximum absolute atomic E-state index is 5.61. The zero-order valence-corrected chi connectivity index (χ0v) is 9.31. The predicted octanol–water partition coefficient (Wildman–Crippen LogP) is 0.408. The van der Waals surface area contributed by atoms with E-state index in [4.69, 9.17) is 10.5 Å². The van der Waals surface area contributed by atoms with Gasteiger partial charge < -0.3 is 15.4 Å². The number of methoxy groups -OCH3 is 1. The molecule has 0 aliphatic heterocycles. The lowest BCUT2D eigenvalue weighted by Crippen LogP contribution is -2.29. The summed E-state index contributed by atoms with van der Waals surface area (Å²) >= 11 is 0. The van der Waals surface area contributed by atoms with E-state index in [1.807, 2.05) is 0 Å². The van der Waals surface area contributed by atoms with Gasteiger partial charge in [0.25, 0.3) is 0 Å². The molecule has 15 heavy (non-hydrogen) atoms. The molecule has 0 fully saturated rings. The standard InChI is InChI=1S/C10H18N4O/c1-3-14(6-7-15-2)10-9(8-11)12-4-5-13-10/h4-5H,3,6-8,11H2,1-2H3. The van der Waals surface area contributed by atoms with Crippen LogP contribution in [-0.4, -0.2) is 36.8 Å². The van der Waals surface area contributed by atoms with Gasteiger partial charge >= 0.3 is 0 Å². The molecule has 0 aliphatic rings. The van der Waals surface area contributed by atoms with Crippen molar-refractivity contribution in [2.24, 2.45) is 5.73 Å². The summed E-state index contributed by atoms with van der Waals surface area (Å²) in [6, 6.07) is 0. The largest absolute Gasteiger partial charge is 0.383 e. The monoisotopic (exact) mass is 210 g/mol. The van der Waals surface area contributed by atoms with Crippen molar-refractivity contribution in [2.75, 3.05) is 31.7 Å². The highest BCUT2D eigenvalue weighted by molar-refractivity contribution is 5.42. The number of ether oxygens (including phenoxy) is 1. The lowest BCUT2D eigenvalue weighted by Gasteiger charge is -2.22. The minimum atomic E-state index is 0.409. The summed E-state index contributed by atoms with van der Waals surface area (Å²) in [4.78, 5) is 10.6. The van der Waals surface area contributed by atoms with Gasteiger partial charge in [-0.15, -0.1) is 0 Å². The van der Waals surface area contributed by atoms with Crippen LogP contribution in [0.2, 0.25) is 0 Å². The van der Waals surface area contributed by atoms with Crippen molar-refractivity contribution < 1.29 is 4.74 Å². The van der Waals surface area contributed by atoms with Crippen molar-refractivity contribution >= 4 is 5.82 Å². The molecule has 1 aromatic rings. The van der Waals surface area contributed by atoms with Gasteiger partial charge in [-0.2, -0.15) is 0 Å². The van der Waals surface area contributed by atoms with Crippen LogP contribution in [0.25, 0.3) is 0 Å². The third kappa shape index (κ3) is 3.14. The molecular formula is C10H18N4O. The maximum Gasteiger partial charge on any atom is 0.151 e. The minimum absolute atomic E-state index is 0.409. The van der Waals surface area contributed by atoms with Crippen LogP contribution in [0.1, 0.15) is 12.6 Å². The lowest BCUT2D eigenvalue weighted by molar-refractivity contribution is 0.205. The molecule has 0 atom stereocenters. The third-order valence-electron chi connectivity index (χ3n) is 2.19. The number of nitrogens with two attached hydrogens (primary N) is 1. The van der Waals surface area contributed by atoms with E-state index in [0.717, 1.165) is 24.6 Å². The average molecular weight is 210 g/mol. The van der Waals surface area contributed by atoms with E-state index >= 15 is 0 Å².